The van der Waals surface area contributed by atoms with E-state index in [1.807, 2.05) is 43.6 Å². The number of benzene rings is 1. The van der Waals surface area contributed by atoms with Crippen LogP contribution in [0.3, 0.4) is 0 Å². The molecule has 4 heteroatoms. The zero-order valence-electron chi connectivity index (χ0n) is 11.9. The maximum atomic E-state index is 7.51. The van der Waals surface area contributed by atoms with Crippen molar-refractivity contribution in [2.75, 3.05) is 18.5 Å². The standard InChI is InChI=1S/C16H20N4/c1-12-11-14(3-4-15(12)16(17)18)20(2)10-7-13-5-8-19-9-6-13/h3-6,8-9,11H,7,10H2,1-2H3,(H3,17,18). The van der Waals surface area contributed by atoms with E-state index in [2.05, 4.69) is 23.0 Å². The summed E-state index contributed by atoms with van der Waals surface area (Å²) < 4.78 is 0. The van der Waals surface area contributed by atoms with Gasteiger partial charge in [0.15, 0.2) is 0 Å². The molecule has 2 rings (SSSR count). The van der Waals surface area contributed by atoms with Gasteiger partial charge in [-0.2, -0.15) is 0 Å². The average molecular weight is 268 g/mol. The van der Waals surface area contributed by atoms with Gasteiger partial charge in [-0.1, -0.05) is 0 Å². The predicted molar refractivity (Wildman–Crippen MR) is 83.4 cm³/mol. The van der Waals surface area contributed by atoms with Crippen molar-refractivity contribution in [2.45, 2.75) is 13.3 Å². The van der Waals surface area contributed by atoms with E-state index in [1.54, 1.807) is 0 Å². The summed E-state index contributed by atoms with van der Waals surface area (Å²) in [6, 6.07) is 10.1. The van der Waals surface area contributed by atoms with Crippen LogP contribution in [0.4, 0.5) is 5.69 Å². The minimum atomic E-state index is 0.119. The molecule has 0 saturated heterocycles. The molecule has 0 amide bonds. The fourth-order valence-corrected chi connectivity index (χ4v) is 2.16. The first-order valence-electron chi connectivity index (χ1n) is 6.63. The minimum Gasteiger partial charge on any atom is -0.384 e. The van der Waals surface area contributed by atoms with Crippen LogP contribution in [0.25, 0.3) is 0 Å². The lowest BCUT2D eigenvalue weighted by atomic mass is 10.1. The van der Waals surface area contributed by atoms with E-state index in [-0.39, 0.29) is 5.84 Å². The van der Waals surface area contributed by atoms with Crippen LogP contribution < -0.4 is 10.6 Å². The highest BCUT2D eigenvalue weighted by atomic mass is 15.1. The van der Waals surface area contributed by atoms with Gasteiger partial charge in [0.25, 0.3) is 0 Å². The normalized spacial score (nSPS) is 10.3. The summed E-state index contributed by atoms with van der Waals surface area (Å²) in [5, 5.41) is 7.51. The van der Waals surface area contributed by atoms with Gasteiger partial charge in [-0.05, 0) is 54.8 Å². The summed E-state index contributed by atoms with van der Waals surface area (Å²) in [6.07, 6.45) is 4.62. The lowest BCUT2D eigenvalue weighted by molar-refractivity contribution is 0.874. The van der Waals surface area contributed by atoms with Crippen molar-refractivity contribution in [1.29, 1.82) is 5.41 Å². The molecule has 0 bridgehead atoms. The van der Waals surface area contributed by atoms with Crippen LogP contribution in [-0.4, -0.2) is 24.4 Å². The van der Waals surface area contributed by atoms with Crippen LogP contribution in [0.5, 0.6) is 0 Å². The number of nitrogens with zero attached hydrogens (tertiary/aromatic N) is 2. The second-order valence-electron chi connectivity index (χ2n) is 4.94. The van der Waals surface area contributed by atoms with Gasteiger partial charge >= 0.3 is 0 Å². The summed E-state index contributed by atoms with van der Waals surface area (Å²) in [5.74, 6) is 0.119. The van der Waals surface area contributed by atoms with Crippen molar-refractivity contribution < 1.29 is 0 Å². The van der Waals surface area contributed by atoms with Crippen LogP contribution in [0.2, 0.25) is 0 Å². The van der Waals surface area contributed by atoms with Crippen molar-refractivity contribution >= 4 is 11.5 Å². The van der Waals surface area contributed by atoms with Gasteiger partial charge in [0.1, 0.15) is 5.84 Å². The maximum Gasteiger partial charge on any atom is 0.123 e. The predicted octanol–water partition coefficient (Wildman–Crippen LogP) is 2.35. The highest BCUT2D eigenvalue weighted by Gasteiger charge is 2.06. The number of pyridine rings is 1. The molecule has 0 saturated carbocycles. The number of amidine groups is 1. The Kier molecular flexibility index (Phi) is 4.35. The monoisotopic (exact) mass is 268 g/mol. The molecule has 0 fully saturated rings. The van der Waals surface area contributed by atoms with Crippen LogP contribution in [-0.2, 0) is 6.42 Å². The molecule has 0 aliphatic rings. The zero-order chi connectivity index (χ0) is 14.5. The van der Waals surface area contributed by atoms with E-state index in [1.165, 1.54) is 5.56 Å². The largest absolute Gasteiger partial charge is 0.384 e. The molecule has 2 aromatic rings. The summed E-state index contributed by atoms with van der Waals surface area (Å²) in [5.41, 5.74) is 9.80. The topological polar surface area (TPSA) is 66.0 Å². The summed E-state index contributed by atoms with van der Waals surface area (Å²) in [4.78, 5) is 6.23. The Morgan fingerprint density at radius 2 is 1.95 bits per heavy atom. The Bertz CT molecular complexity index is 593. The minimum absolute atomic E-state index is 0.119. The first-order chi connectivity index (χ1) is 9.58. The number of nitrogens with one attached hydrogen (secondary N) is 1. The Balaban J connectivity index is 2.04. The van der Waals surface area contributed by atoms with Crippen molar-refractivity contribution in [3.63, 3.8) is 0 Å². The van der Waals surface area contributed by atoms with Crippen LogP contribution in [0.15, 0.2) is 42.7 Å². The van der Waals surface area contributed by atoms with E-state index in [9.17, 15) is 0 Å². The zero-order valence-corrected chi connectivity index (χ0v) is 11.9. The summed E-state index contributed by atoms with van der Waals surface area (Å²) >= 11 is 0. The molecule has 1 heterocycles. The molecule has 0 spiro atoms. The molecule has 20 heavy (non-hydrogen) atoms. The molecule has 0 radical (unpaired) electrons. The van der Waals surface area contributed by atoms with E-state index in [0.29, 0.717) is 0 Å². The Labute approximate surface area is 119 Å². The Morgan fingerprint density at radius 1 is 1.25 bits per heavy atom. The number of likely N-dealkylation sites (N-methyl/N-ethyl adjacent to an activating group) is 1. The highest BCUT2D eigenvalue weighted by molar-refractivity contribution is 5.96. The Morgan fingerprint density at radius 3 is 2.55 bits per heavy atom. The third kappa shape index (κ3) is 3.35. The second-order valence-corrected chi connectivity index (χ2v) is 4.94. The van der Waals surface area contributed by atoms with Gasteiger partial charge in [-0.25, -0.2) is 0 Å². The molecular formula is C16H20N4. The molecule has 0 unspecified atom stereocenters. The number of hydrogen-bond acceptors (Lipinski definition) is 3. The number of anilines is 1. The van der Waals surface area contributed by atoms with Crippen LogP contribution in [0, 0.1) is 12.3 Å². The molecule has 3 N–H and O–H groups in total. The van der Waals surface area contributed by atoms with Gasteiger partial charge in [0.05, 0.1) is 0 Å². The smallest absolute Gasteiger partial charge is 0.123 e. The van der Waals surface area contributed by atoms with Gasteiger partial charge < -0.3 is 10.6 Å². The van der Waals surface area contributed by atoms with Crippen LogP contribution in [0.1, 0.15) is 16.7 Å². The summed E-state index contributed by atoms with van der Waals surface area (Å²) in [7, 11) is 2.07. The van der Waals surface area contributed by atoms with Gasteiger partial charge in [-0.3, -0.25) is 10.4 Å². The van der Waals surface area contributed by atoms with Gasteiger partial charge in [0.2, 0.25) is 0 Å². The first-order valence-corrected chi connectivity index (χ1v) is 6.63. The van der Waals surface area contributed by atoms with E-state index >= 15 is 0 Å². The van der Waals surface area contributed by atoms with E-state index in [0.717, 1.165) is 29.8 Å². The second kappa shape index (κ2) is 6.19. The van der Waals surface area contributed by atoms with Crippen molar-refractivity contribution in [2.24, 2.45) is 5.73 Å². The third-order valence-electron chi connectivity index (χ3n) is 3.43. The van der Waals surface area contributed by atoms with Crippen LogP contribution >= 0.6 is 0 Å². The molecular weight excluding hydrogens is 248 g/mol. The summed E-state index contributed by atoms with van der Waals surface area (Å²) in [6.45, 7) is 2.92. The third-order valence-corrected chi connectivity index (χ3v) is 3.43. The number of aromatic nitrogens is 1. The number of hydrogen-bond donors (Lipinski definition) is 2. The van der Waals surface area contributed by atoms with Gasteiger partial charge in [0, 0.05) is 37.2 Å². The Hall–Kier alpha value is -2.36. The molecule has 0 aliphatic carbocycles. The quantitative estimate of drug-likeness (QED) is 0.646. The number of aryl methyl sites for hydroxylation is 1. The molecule has 0 atom stereocenters. The molecule has 1 aromatic heterocycles. The SMILES string of the molecule is Cc1cc(N(C)CCc2ccncc2)ccc1C(=N)N. The number of nitrogen functional groups attached to an aromatic ring is 1. The van der Waals surface area contributed by atoms with E-state index < -0.39 is 0 Å². The number of nitrogens with two attached hydrogens (primary N) is 1. The fraction of sp³-hybridized carbons (Fsp3) is 0.250. The lowest BCUT2D eigenvalue weighted by Crippen LogP contribution is -2.21. The molecule has 1 aromatic carbocycles. The molecule has 4 nitrogen and oxygen atoms in total. The fourth-order valence-electron chi connectivity index (χ4n) is 2.16. The lowest BCUT2D eigenvalue weighted by Gasteiger charge is -2.20. The maximum absolute atomic E-state index is 7.51. The average Bonchev–Trinajstić information content (AvgIpc) is 2.45. The molecule has 0 aliphatic heterocycles. The van der Waals surface area contributed by atoms with Gasteiger partial charge in [-0.15, -0.1) is 0 Å². The van der Waals surface area contributed by atoms with E-state index in [4.69, 9.17) is 11.1 Å². The van der Waals surface area contributed by atoms with Crippen molar-refractivity contribution in [3.05, 3.63) is 59.4 Å². The first kappa shape index (κ1) is 14.1. The number of rotatable bonds is 5. The van der Waals surface area contributed by atoms with Crippen molar-refractivity contribution in [1.82, 2.24) is 4.98 Å². The van der Waals surface area contributed by atoms with Crippen molar-refractivity contribution in [3.8, 4) is 0 Å². The highest BCUT2D eigenvalue weighted by Crippen LogP contribution is 2.18. The molecule has 104 valence electrons.